The van der Waals surface area contributed by atoms with Crippen LogP contribution in [0.1, 0.15) is 11.1 Å². The fourth-order valence-corrected chi connectivity index (χ4v) is 2.78. The van der Waals surface area contributed by atoms with E-state index in [2.05, 4.69) is 5.32 Å². The Morgan fingerprint density at radius 2 is 1.84 bits per heavy atom. The van der Waals surface area contributed by atoms with Crippen LogP contribution < -0.4 is 14.8 Å². The maximum absolute atomic E-state index is 12.2. The van der Waals surface area contributed by atoms with Crippen LogP contribution in [0, 0.1) is 6.92 Å². The number of methoxy groups -OCH3 is 2. The first-order valence-corrected chi connectivity index (χ1v) is 8.26. The van der Waals surface area contributed by atoms with Gasteiger partial charge in [0, 0.05) is 17.3 Å². The van der Waals surface area contributed by atoms with Gasteiger partial charge in [-0.05, 0) is 55.4 Å². The largest absolute Gasteiger partial charge is 0.493 e. The van der Waals surface area contributed by atoms with Crippen molar-refractivity contribution in [2.45, 2.75) is 13.5 Å². The lowest BCUT2D eigenvalue weighted by Gasteiger charge is -2.18. The molecule has 0 saturated carbocycles. The van der Waals surface area contributed by atoms with Crippen molar-refractivity contribution in [2.75, 3.05) is 33.1 Å². The van der Waals surface area contributed by atoms with Gasteiger partial charge in [0.2, 0.25) is 5.91 Å². The molecule has 0 aliphatic heterocycles. The lowest BCUT2D eigenvalue weighted by molar-refractivity contribution is -0.117. The maximum atomic E-state index is 12.2. The fraction of sp³-hybridized carbons (Fsp3) is 0.316. The molecule has 134 valence electrons. The van der Waals surface area contributed by atoms with E-state index in [0.29, 0.717) is 23.1 Å². The summed E-state index contributed by atoms with van der Waals surface area (Å²) in [6, 6.07) is 11.1. The number of benzene rings is 2. The molecule has 2 aromatic carbocycles. The number of carbonyl (C=O) groups excluding carboxylic acids is 1. The Morgan fingerprint density at radius 3 is 2.48 bits per heavy atom. The first-order valence-electron chi connectivity index (χ1n) is 7.88. The molecule has 5 nitrogen and oxygen atoms in total. The van der Waals surface area contributed by atoms with E-state index in [9.17, 15) is 4.79 Å². The Morgan fingerprint density at radius 1 is 1.12 bits per heavy atom. The lowest BCUT2D eigenvalue weighted by atomic mass is 10.2. The van der Waals surface area contributed by atoms with Crippen LogP contribution >= 0.6 is 11.6 Å². The van der Waals surface area contributed by atoms with Crippen molar-refractivity contribution in [1.29, 1.82) is 0 Å². The fourth-order valence-electron chi connectivity index (χ4n) is 2.55. The van der Waals surface area contributed by atoms with Gasteiger partial charge in [0.25, 0.3) is 0 Å². The maximum Gasteiger partial charge on any atom is 0.238 e. The van der Waals surface area contributed by atoms with E-state index in [-0.39, 0.29) is 12.5 Å². The first kappa shape index (κ1) is 19.1. The van der Waals surface area contributed by atoms with E-state index >= 15 is 0 Å². The van der Waals surface area contributed by atoms with Crippen molar-refractivity contribution in [3.8, 4) is 11.5 Å². The number of nitrogens with zero attached hydrogens (tertiary/aromatic N) is 1. The summed E-state index contributed by atoms with van der Waals surface area (Å²) in [5.41, 5.74) is 2.74. The van der Waals surface area contributed by atoms with Crippen molar-refractivity contribution >= 4 is 23.2 Å². The highest BCUT2D eigenvalue weighted by molar-refractivity contribution is 6.30. The molecule has 0 fully saturated rings. The molecular weight excluding hydrogens is 340 g/mol. The average Bonchev–Trinajstić information content (AvgIpc) is 2.57. The number of ether oxygens (including phenoxy) is 2. The minimum atomic E-state index is -0.0756. The summed E-state index contributed by atoms with van der Waals surface area (Å²) < 4.78 is 10.5. The van der Waals surface area contributed by atoms with Crippen LogP contribution in [-0.4, -0.2) is 38.6 Å². The topological polar surface area (TPSA) is 50.8 Å². The summed E-state index contributed by atoms with van der Waals surface area (Å²) in [7, 11) is 5.10. The molecule has 2 aromatic rings. The van der Waals surface area contributed by atoms with Crippen LogP contribution in [0.4, 0.5) is 5.69 Å². The molecule has 2 rings (SSSR count). The molecule has 0 saturated heterocycles. The standard InChI is InChI=1S/C19H23ClN2O3/c1-13-9-15(20)6-7-16(13)21-19(23)12-22(2)11-14-5-8-17(24-3)18(10-14)25-4/h5-10H,11-12H2,1-4H3,(H,21,23). The third-order valence-electron chi connectivity index (χ3n) is 3.78. The Balaban J connectivity index is 1.95. The number of amides is 1. The van der Waals surface area contributed by atoms with E-state index in [4.69, 9.17) is 21.1 Å². The van der Waals surface area contributed by atoms with Crippen molar-refractivity contribution in [1.82, 2.24) is 4.90 Å². The molecule has 0 aliphatic carbocycles. The predicted octanol–water partition coefficient (Wildman–Crippen LogP) is 3.74. The van der Waals surface area contributed by atoms with Gasteiger partial charge in [-0.2, -0.15) is 0 Å². The molecule has 0 aromatic heterocycles. The van der Waals surface area contributed by atoms with Gasteiger partial charge in [-0.1, -0.05) is 17.7 Å². The van der Waals surface area contributed by atoms with Crippen LogP contribution in [-0.2, 0) is 11.3 Å². The average molecular weight is 363 g/mol. The van der Waals surface area contributed by atoms with Crippen molar-refractivity contribution < 1.29 is 14.3 Å². The van der Waals surface area contributed by atoms with E-state index in [0.717, 1.165) is 16.8 Å². The number of aryl methyl sites for hydroxylation is 1. The molecule has 0 atom stereocenters. The van der Waals surface area contributed by atoms with Crippen LogP contribution in [0.3, 0.4) is 0 Å². The smallest absolute Gasteiger partial charge is 0.238 e. The molecule has 0 heterocycles. The van der Waals surface area contributed by atoms with Crippen LogP contribution in [0.15, 0.2) is 36.4 Å². The lowest BCUT2D eigenvalue weighted by Crippen LogP contribution is -2.30. The van der Waals surface area contributed by atoms with Gasteiger partial charge in [0.1, 0.15) is 0 Å². The summed E-state index contributed by atoms with van der Waals surface area (Å²) in [5, 5.41) is 3.56. The molecule has 1 N–H and O–H groups in total. The predicted molar refractivity (Wildman–Crippen MR) is 101 cm³/mol. The molecule has 25 heavy (non-hydrogen) atoms. The second kappa shape index (κ2) is 8.74. The summed E-state index contributed by atoms with van der Waals surface area (Å²) in [6.07, 6.45) is 0. The van der Waals surface area contributed by atoms with Crippen molar-refractivity contribution in [3.05, 3.63) is 52.5 Å². The number of carbonyl (C=O) groups is 1. The van der Waals surface area contributed by atoms with Crippen molar-refractivity contribution in [3.63, 3.8) is 0 Å². The molecule has 0 spiro atoms. The minimum Gasteiger partial charge on any atom is -0.493 e. The van der Waals surface area contributed by atoms with Crippen LogP contribution in [0.5, 0.6) is 11.5 Å². The zero-order chi connectivity index (χ0) is 18.4. The second-order valence-corrected chi connectivity index (χ2v) is 6.31. The summed E-state index contributed by atoms with van der Waals surface area (Å²) in [6.45, 7) is 2.80. The number of rotatable bonds is 7. The van der Waals surface area contributed by atoms with Crippen LogP contribution in [0.25, 0.3) is 0 Å². The monoisotopic (exact) mass is 362 g/mol. The molecule has 6 heteroatoms. The highest BCUT2D eigenvalue weighted by atomic mass is 35.5. The summed E-state index contributed by atoms with van der Waals surface area (Å²) in [5.74, 6) is 1.29. The van der Waals surface area contributed by atoms with E-state index in [1.54, 1.807) is 20.3 Å². The number of hydrogen-bond donors (Lipinski definition) is 1. The van der Waals surface area contributed by atoms with Gasteiger partial charge in [-0.3, -0.25) is 9.69 Å². The Labute approximate surface area is 153 Å². The van der Waals surface area contributed by atoms with Gasteiger partial charge in [0.05, 0.1) is 20.8 Å². The zero-order valence-corrected chi connectivity index (χ0v) is 15.7. The Bertz CT molecular complexity index is 749. The summed E-state index contributed by atoms with van der Waals surface area (Å²) in [4.78, 5) is 14.2. The highest BCUT2D eigenvalue weighted by Gasteiger charge is 2.11. The molecule has 0 unspecified atom stereocenters. The molecule has 1 amide bonds. The minimum absolute atomic E-state index is 0.0756. The third kappa shape index (κ3) is 5.37. The summed E-state index contributed by atoms with van der Waals surface area (Å²) >= 11 is 5.93. The number of hydrogen-bond acceptors (Lipinski definition) is 4. The zero-order valence-electron chi connectivity index (χ0n) is 14.9. The van der Waals surface area contributed by atoms with Gasteiger partial charge < -0.3 is 14.8 Å². The third-order valence-corrected chi connectivity index (χ3v) is 4.01. The number of nitrogens with one attached hydrogen (secondary N) is 1. The normalized spacial score (nSPS) is 10.6. The van der Waals surface area contributed by atoms with Gasteiger partial charge in [0.15, 0.2) is 11.5 Å². The molecule has 0 aliphatic rings. The number of anilines is 1. The highest BCUT2D eigenvalue weighted by Crippen LogP contribution is 2.28. The van der Waals surface area contributed by atoms with Gasteiger partial charge in [-0.15, -0.1) is 0 Å². The van der Waals surface area contributed by atoms with Crippen LogP contribution in [0.2, 0.25) is 5.02 Å². The quantitative estimate of drug-likeness (QED) is 0.815. The molecule has 0 radical (unpaired) electrons. The van der Waals surface area contributed by atoms with Gasteiger partial charge in [-0.25, -0.2) is 0 Å². The molecular formula is C19H23ClN2O3. The van der Waals surface area contributed by atoms with E-state index < -0.39 is 0 Å². The van der Waals surface area contributed by atoms with Gasteiger partial charge >= 0.3 is 0 Å². The molecule has 0 bridgehead atoms. The first-order chi connectivity index (χ1) is 11.9. The Hall–Kier alpha value is -2.24. The van der Waals surface area contributed by atoms with E-state index in [1.807, 2.05) is 49.2 Å². The van der Waals surface area contributed by atoms with Crippen molar-refractivity contribution in [2.24, 2.45) is 0 Å². The SMILES string of the molecule is COc1ccc(CN(C)CC(=O)Nc2ccc(Cl)cc2C)cc1OC. The van der Waals surface area contributed by atoms with E-state index in [1.165, 1.54) is 0 Å². The Kier molecular flexibility index (Phi) is 6.67. The second-order valence-electron chi connectivity index (χ2n) is 5.87. The number of likely N-dealkylation sites (N-methyl/N-ethyl adjacent to an activating group) is 1. The number of halogens is 1.